The van der Waals surface area contributed by atoms with Crippen LogP contribution in [0.15, 0.2) is 4.52 Å². The number of nitrogens with one attached hydrogen (secondary N) is 1. The summed E-state index contributed by atoms with van der Waals surface area (Å²) in [6.45, 7) is 8.34. The number of carbonyl (C=O) groups is 1. The average Bonchev–Trinajstić information content (AvgIpc) is 2.62. The third-order valence-corrected chi connectivity index (χ3v) is 2.88. The minimum absolute atomic E-state index is 0.000731. The van der Waals surface area contributed by atoms with Crippen molar-refractivity contribution < 1.29 is 9.32 Å². The molecule has 1 aliphatic heterocycles. The maximum absolute atomic E-state index is 11.5. The Bertz CT molecular complexity index is 418. The van der Waals surface area contributed by atoms with Gasteiger partial charge in [0.2, 0.25) is 5.89 Å². The Morgan fingerprint density at radius 2 is 2.17 bits per heavy atom. The van der Waals surface area contributed by atoms with Crippen LogP contribution in [0.2, 0.25) is 0 Å². The zero-order valence-electron chi connectivity index (χ0n) is 11.2. The largest absolute Gasteiger partial charge is 0.339 e. The number of hydrogen-bond acceptors (Lipinski definition) is 4. The molecule has 2 amide bonds. The van der Waals surface area contributed by atoms with Crippen molar-refractivity contribution in [3.63, 3.8) is 0 Å². The van der Waals surface area contributed by atoms with Crippen molar-refractivity contribution >= 4 is 6.03 Å². The van der Waals surface area contributed by atoms with Gasteiger partial charge in [-0.2, -0.15) is 4.98 Å². The van der Waals surface area contributed by atoms with Crippen molar-refractivity contribution in [3.8, 4) is 0 Å². The van der Waals surface area contributed by atoms with Gasteiger partial charge in [-0.05, 0) is 6.42 Å². The molecule has 6 heteroatoms. The van der Waals surface area contributed by atoms with Crippen LogP contribution in [0.25, 0.3) is 0 Å². The summed E-state index contributed by atoms with van der Waals surface area (Å²) >= 11 is 0. The number of carbonyl (C=O) groups excluding carboxylic acids is 1. The van der Waals surface area contributed by atoms with E-state index in [9.17, 15) is 4.79 Å². The van der Waals surface area contributed by atoms with Crippen molar-refractivity contribution in [1.82, 2.24) is 20.4 Å². The van der Waals surface area contributed by atoms with E-state index >= 15 is 0 Å². The molecule has 0 saturated carbocycles. The Labute approximate surface area is 107 Å². The first-order valence-electron chi connectivity index (χ1n) is 6.32. The van der Waals surface area contributed by atoms with Crippen LogP contribution >= 0.6 is 0 Å². The molecule has 0 unspecified atom stereocenters. The van der Waals surface area contributed by atoms with Gasteiger partial charge < -0.3 is 14.7 Å². The lowest BCUT2D eigenvalue weighted by molar-refractivity contribution is 0.167. The number of aromatic nitrogens is 2. The van der Waals surface area contributed by atoms with Gasteiger partial charge in [-0.3, -0.25) is 0 Å². The van der Waals surface area contributed by atoms with Gasteiger partial charge in [0.25, 0.3) is 0 Å². The number of hydrogen-bond donors (Lipinski definition) is 1. The van der Waals surface area contributed by atoms with E-state index in [1.165, 1.54) is 0 Å². The standard InChI is InChI=1S/C12H20N4O2/c1-12(2,3)10-14-9(15-18-10)5-6-13-11(17)16-7-4-8-16/h4-8H2,1-3H3,(H,13,17). The van der Waals surface area contributed by atoms with Crippen LogP contribution in [-0.4, -0.2) is 40.7 Å². The molecular formula is C12H20N4O2. The van der Waals surface area contributed by atoms with Crippen LogP contribution in [0.5, 0.6) is 0 Å². The molecule has 0 spiro atoms. The SMILES string of the molecule is CC(C)(C)c1nc(CCNC(=O)N2CCC2)no1. The number of likely N-dealkylation sites (tertiary alicyclic amines) is 1. The van der Waals surface area contributed by atoms with Crippen LogP contribution in [-0.2, 0) is 11.8 Å². The quantitative estimate of drug-likeness (QED) is 0.880. The lowest BCUT2D eigenvalue weighted by Crippen LogP contribution is -2.48. The zero-order valence-corrected chi connectivity index (χ0v) is 11.2. The number of rotatable bonds is 3. The second-order valence-corrected chi connectivity index (χ2v) is 5.59. The Kier molecular flexibility index (Phi) is 3.54. The second-order valence-electron chi connectivity index (χ2n) is 5.59. The van der Waals surface area contributed by atoms with Crippen molar-refractivity contribution in [2.45, 2.75) is 39.0 Å². The van der Waals surface area contributed by atoms with E-state index in [0.717, 1.165) is 19.5 Å². The maximum Gasteiger partial charge on any atom is 0.317 e. The molecule has 1 saturated heterocycles. The maximum atomic E-state index is 11.5. The fourth-order valence-electron chi connectivity index (χ4n) is 1.57. The van der Waals surface area contributed by atoms with Crippen LogP contribution in [0, 0.1) is 0 Å². The van der Waals surface area contributed by atoms with Gasteiger partial charge in [0.05, 0.1) is 0 Å². The summed E-state index contributed by atoms with van der Waals surface area (Å²) < 4.78 is 5.18. The number of urea groups is 1. The van der Waals surface area contributed by atoms with E-state index in [-0.39, 0.29) is 11.4 Å². The predicted molar refractivity (Wildman–Crippen MR) is 66.3 cm³/mol. The summed E-state index contributed by atoms with van der Waals surface area (Å²) in [5, 5.41) is 6.75. The summed E-state index contributed by atoms with van der Waals surface area (Å²) in [5.41, 5.74) is -0.133. The average molecular weight is 252 g/mol. The van der Waals surface area contributed by atoms with Gasteiger partial charge >= 0.3 is 6.03 Å². The molecule has 0 aromatic carbocycles. The van der Waals surface area contributed by atoms with E-state index < -0.39 is 0 Å². The first-order valence-corrected chi connectivity index (χ1v) is 6.32. The third-order valence-electron chi connectivity index (χ3n) is 2.88. The fraction of sp³-hybridized carbons (Fsp3) is 0.750. The molecule has 1 aliphatic rings. The van der Waals surface area contributed by atoms with Crippen molar-refractivity contribution in [2.24, 2.45) is 0 Å². The van der Waals surface area contributed by atoms with Crippen LogP contribution in [0.3, 0.4) is 0 Å². The normalized spacial score (nSPS) is 15.4. The lowest BCUT2D eigenvalue weighted by atomic mass is 9.97. The Balaban J connectivity index is 1.76. The monoisotopic (exact) mass is 252 g/mol. The molecule has 1 aromatic heterocycles. The van der Waals surface area contributed by atoms with Crippen LogP contribution in [0.4, 0.5) is 4.79 Å². The van der Waals surface area contributed by atoms with E-state index in [1.807, 2.05) is 20.8 Å². The summed E-state index contributed by atoms with van der Waals surface area (Å²) in [5.74, 6) is 1.27. The summed E-state index contributed by atoms with van der Waals surface area (Å²) in [4.78, 5) is 17.6. The smallest absolute Gasteiger partial charge is 0.317 e. The molecule has 1 fully saturated rings. The molecule has 6 nitrogen and oxygen atoms in total. The Morgan fingerprint density at radius 1 is 1.44 bits per heavy atom. The topological polar surface area (TPSA) is 71.3 Å². The lowest BCUT2D eigenvalue weighted by Gasteiger charge is -2.30. The molecule has 1 aromatic rings. The van der Waals surface area contributed by atoms with Crippen LogP contribution < -0.4 is 5.32 Å². The summed E-state index contributed by atoms with van der Waals surface area (Å²) in [6, 6.07) is 0.000731. The fourth-order valence-corrected chi connectivity index (χ4v) is 1.57. The van der Waals surface area contributed by atoms with Gasteiger partial charge in [0.1, 0.15) is 0 Å². The number of nitrogens with zero attached hydrogens (tertiary/aromatic N) is 3. The van der Waals surface area contributed by atoms with Gasteiger partial charge in [-0.1, -0.05) is 25.9 Å². The van der Waals surface area contributed by atoms with Gasteiger partial charge in [-0.15, -0.1) is 0 Å². The highest BCUT2D eigenvalue weighted by atomic mass is 16.5. The molecule has 0 radical (unpaired) electrons. The van der Waals surface area contributed by atoms with Gasteiger partial charge in [0, 0.05) is 31.5 Å². The first-order chi connectivity index (χ1) is 8.47. The third kappa shape index (κ3) is 3.00. The molecule has 2 heterocycles. The second kappa shape index (κ2) is 4.96. The molecule has 0 aliphatic carbocycles. The zero-order chi connectivity index (χ0) is 13.2. The Hall–Kier alpha value is -1.59. The summed E-state index contributed by atoms with van der Waals surface area (Å²) in [7, 11) is 0. The van der Waals surface area contributed by atoms with E-state index in [1.54, 1.807) is 4.90 Å². The van der Waals surface area contributed by atoms with Crippen molar-refractivity contribution in [1.29, 1.82) is 0 Å². The first kappa shape index (κ1) is 12.9. The molecule has 1 N–H and O–H groups in total. The highest BCUT2D eigenvalue weighted by Gasteiger charge is 2.22. The van der Waals surface area contributed by atoms with Crippen molar-refractivity contribution in [3.05, 3.63) is 11.7 Å². The van der Waals surface area contributed by atoms with E-state index in [2.05, 4.69) is 15.5 Å². The molecule has 2 rings (SSSR count). The van der Waals surface area contributed by atoms with Crippen LogP contribution in [0.1, 0.15) is 38.9 Å². The van der Waals surface area contributed by atoms with E-state index in [4.69, 9.17) is 4.52 Å². The Morgan fingerprint density at radius 3 is 2.67 bits per heavy atom. The van der Waals surface area contributed by atoms with Gasteiger partial charge in [0.15, 0.2) is 5.82 Å². The van der Waals surface area contributed by atoms with Crippen molar-refractivity contribution in [2.75, 3.05) is 19.6 Å². The molecule has 0 atom stereocenters. The summed E-state index contributed by atoms with van der Waals surface area (Å²) in [6.07, 6.45) is 1.70. The molecule has 18 heavy (non-hydrogen) atoms. The highest BCUT2D eigenvalue weighted by molar-refractivity contribution is 5.74. The highest BCUT2D eigenvalue weighted by Crippen LogP contribution is 2.19. The van der Waals surface area contributed by atoms with E-state index in [0.29, 0.717) is 24.7 Å². The number of amides is 2. The minimum Gasteiger partial charge on any atom is -0.339 e. The minimum atomic E-state index is -0.133. The molecule has 100 valence electrons. The molecule has 0 bridgehead atoms. The van der Waals surface area contributed by atoms with Gasteiger partial charge in [-0.25, -0.2) is 4.79 Å². The predicted octanol–water partition coefficient (Wildman–Crippen LogP) is 1.32. The molecular weight excluding hydrogens is 232 g/mol.